The molecule has 2 aromatic heterocycles. The Labute approximate surface area is 752 Å². The van der Waals surface area contributed by atoms with Crippen LogP contribution in [0.3, 0.4) is 0 Å². The second-order valence-corrected chi connectivity index (χ2v) is 46.0. The molecule has 0 saturated carbocycles. The average Bonchev–Trinajstić information content (AvgIpc) is 1.60. The van der Waals surface area contributed by atoms with Crippen molar-refractivity contribution in [2.75, 3.05) is 14.7 Å². The minimum absolute atomic E-state index is 0.0424. The normalized spacial score (nSPS) is 14.1. The molecule has 6 heterocycles. The summed E-state index contributed by atoms with van der Waals surface area (Å²) < 4.78 is 5.57. The Kier molecular flexibility index (Phi) is 17.2. The summed E-state index contributed by atoms with van der Waals surface area (Å²) in [6.07, 6.45) is 0. The predicted molar refractivity (Wildman–Crippen MR) is 553 cm³/mol. The predicted octanol–water partition coefficient (Wildman–Crippen LogP) is 30.9. The maximum absolute atomic E-state index is 2.79. The third kappa shape index (κ3) is 12.6. The number of nitrogens with zero attached hydrogens (tertiary/aromatic N) is 5. The molecule has 0 N–H and O–H groups in total. The number of aromatic nitrogens is 2. The summed E-state index contributed by atoms with van der Waals surface area (Å²) in [5.74, 6) is 0. The maximum Gasteiger partial charge on any atom is 0.333 e. The molecule has 127 heavy (non-hydrogen) atoms. The smallest absolute Gasteiger partial charge is 0.333 e. The highest BCUT2D eigenvalue weighted by Crippen LogP contribution is 2.55. The molecule has 0 bridgehead atoms. The van der Waals surface area contributed by atoms with Crippen LogP contribution in [0.25, 0.3) is 120 Å². The molecule has 0 spiro atoms. The molecule has 0 amide bonds. The van der Waals surface area contributed by atoms with Gasteiger partial charge in [-0.25, -0.2) is 0 Å². The van der Waals surface area contributed by atoms with Crippen LogP contribution in [0.1, 0.15) is 211 Å². The van der Waals surface area contributed by atoms with Crippen molar-refractivity contribution < 1.29 is 0 Å². The van der Waals surface area contributed by atoms with Gasteiger partial charge in [0.1, 0.15) is 0 Å². The van der Waals surface area contributed by atoms with E-state index < -0.39 is 0 Å². The van der Waals surface area contributed by atoms with Gasteiger partial charge in [-0.2, -0.15) is 0 Å². The van der Waals surface area contributed by atoms with Crippen molar-refractivity contribution in [3.8, 4) is 33.4 Å². The van der Waals surface area contributed by atoms with Crippen molar-refractivity contribution in [2.24, 2.45) is 0 Å². The van der Waals surface area contributed by atoms with Crippen LogP contribution in [0.5, 0.6) is 0 Å². The van der Waals surface area contributed by atoms with E-state index in [1.165, 1.54) is 209 Å². The molecule has 16 aromatic carbocycles. The van der Waals surface area contributed by atoms with Crippen LogP contribution in [-0.2, 0) is 43.3 Å². The zero-order valence-electron chi connectivity index (χ0n) is 78.9. The number of rotatable bonds is 6. The molecule has 5 nitrogen and oxygen atoms in total. The molecule has 4 aliphatic heterocycles. The molecule has 18 aromatic rings. The SMILES string of the molecule is CC(C)(C)c1cc(N2c3cc(N(c4ccccc4)c4cccc(-c5ccc6cc7c8c(ccc7cc6c5)N(c5cc(C(C)(C)C)cc(C(C)(C)C)c5)c5cccc6c5B8n5c7ccc(C(C)(C)C)cc7c7cc(C(C)(C)C)cc-6c75)c4)cc4c3B(c3c2ccc2cc5ccccc5cc32)n2c3ccc(C(C)(C)C)cc3c3cc(C(C)(C)C)cc-4c32)cc(C(C)(C)C)c1. The van der Waals surface area contributed by atoms with E-state index in [2.05, 4.69) is 463 Å². The molecule has 0 aliphatic carbocycles. The van der Waals surface area contributed by atoms with Crippen LogP contribution < -0.4 is 36.6 Å². The largest absolute Gasteiger partial charge is 0.375 e. The number of anilines is 9. The molecule has 22 rings (SSSR count). The lowest BCUT2D eigenvalue weighted by atomic mass is 9.44. The molecular weight excluding hydrogens is 1530 g/mol. The monoisotopic (exact) mass is 1650 g/mol. The minimum Gasteiger partial charge on any atom is -0.375 e. The van der Waals surface area contributed by atoms with Crippen molar-refractivity contribution in [3.63, 3.8) is 0 Å². The summed E-state index contributed by atoms with van der Waals surface area (Å²) in [4.78, 5) is 7.90. The Balaban J connectivity index is 0.769. The van der Waals surface area contributed by atoms with Crippen molar-refractivity contribution in [2.45, 2.75) is 209 Å². The average molecular weight is 1650 g/mol. The van der Waals surface area contributed by atoms with E-state index in [-0.39, 0.29) is 57.0 Å². The molecule has 0 radical (unpaired) electrons. The number of hydrogen-bond acceptors (Lipinski definition) is 3. The molecule has 0 atom stereocenters. The Hall–Kier alpha value is -12.3. The van der Waals surface area contributed by atoms with E-state index in [4.69, 9.17) is 0 Å². The van der Waals surface area contributed by atoms with Crippen LogP contribution in [0.2, 0.25) is 0 Å². The van der Waals surface area contributed by atoms with Gasteiger partial charge in [0, 0.05) is 106 Å². The van der Waals surface area contributed by atoms with Gasteiger partial charge >= 0.3 is 13.7 Å². The van der Waals surface area contributed by atoms with Gasteiger partial charge in [-0.05, 0) is 333 Å². The molecule has 0 fully saturated rings. The van der Waals surface area contributed by atoms with Crippen LogP contribution in [0.15, 0.2) is 273 Å². The van der Waals surface area contributed by atoms with Crippen molar-refractivity contribution in [1.29, 1.82) is 0 Å². The number of para-hydroxylation sites is 1. The molecule has 0 saturated heterocycles. The summed E-state index contributed by atoms with van der Waals surface area (Å²) in [5.41, 5.74) is 38.1. The molecule has 0 unspecified atom stereocenters. The summed E-state index contributed by atoms with van der Waals surface area (Å²) >= 11 is 0. The second-order valence-electron chi connectivity index (χ2n) is 46.0. The van der Waals surface area contributed by atoms with Gasteiger partial charge in [0.05, 0.1) is 0 Å². The first-order chi connectivity index (χ1) is 60.0. The lowest BCUT2D eigenvalue weighted by Gasteiger charge is -2.43. The number of fused-ring (bicyclic) bond motifs is 20. The molecule has 628 valence electrons. The fraction of sp³-hybridized carbons (Fsp3) is 0.267. The zero-order chi connectivity index (χ0) is 88.7. The number of hydrogen-bond donors (Lipinski definition) is 0. The Bertz CT molecular complexity index is 7730. The summed E-state index contributed by atoms with van der Waals surface area (Å²) in [6, 6.07) is 109. The van der Waals surface area contributed by atoms with Gasteiger partial charge < -0.3 is 23.7 Å². The van der Waals surface area contributed by atoms with E-state index in [9.17, 15) is 0 Å². The first-order valence-corrected chi connectivity index (χ1v) is 46.4. The quantitative estimate of drug-likeness (QED) is 0.122. The first-order valence-electron chi connectivity index (χ1n) is 46.4. The molecule has 7 heteroatoms. The van der Waals surface area contributed by atoms with Crippen LogP contribution in [-0.4, -0.2) is 22.7 Å². The van der Waals surface area contributed by atoms with Gasteiger partial charge in [0.2, 0.25) is 0 Å². The van der Waals surface area contributed by atoms with E-state index >= 15 is 0 Å². The zero-order valence-corrected chi connectivity index (χ0v) is 78.9. The van der Waals surface area contributed by atoms with Gasteiger partial charge in [0.25, 0.3) is 0 Å². The highest BCUT2D eigenvalue weighted by Gasteiger charge is 2.48. The van der Waals surface area contributed by atoms with Crippen molar-refractivity contribution in [1.82, 2.24) is 8.96 Å². The summed E-state index contributed by atoms with van der Waals surface area (Å²) in [6.45, 7) is 56.6. The Morgan fingerprint density at radius 3 is 1.10 bits per heavy atom. The fourth-order valence-corrected chi connectivity index (χ4v) is 21.8. The van der Waals surface area contributed by atoms with E-state index in [1.54, 1.807) is 0 Å². The lowest BCUT2D eigenvalue weighted by molar-refractivity contribution is 0.568. The Morgan fingerprint density at radius 1 is 0.213 bits per heavy atom. The van der Waals surface area contributed by atoms with Gasteiger partial charge in [-0.1, -0.05) is 281 Å². The number of benzene rings is 16. The Morgan fingerprint density at radius 2 is 0.606 bits per heavy atom. The second kappa shape index (κ2) is 27.1. The molecular formula is C120H117B2N5. The van der Waals surface area contributed by atoms with Crippen molar-refractivity contribution in [3.05, 3.63) is 317 Å². The molecule has 4 aliphatic rings. The minimum atomic E-state index is -0.210. The van der Waals surface area contributed by atoms with Gasteiger partial charge in [-0.3, -0.25) is 0 Å². The van der Waals surface area contributed by atoms with Crippen molar-refractivity contribution >= 4 is 173 Å². The highest BCUT2D eigenvalue weighted by molar-refractivity contribution is 6.92. The first kappa shape index (κ1) is 80.5. The summed E-state index contributed by atoms with van der Waals surface area (Å²) in [7, 11) is 0. The van der Waals surface area contributed by atoms with E-state index in [1.807, 2.05) is 0 Å². The maximum atomic E-state index is 2.79. The lowest BCUT2D eigenvalue weighted by Crippen LogP contribution is -2.57. The standard InChI is InChI=1S/C120H117B2N5/c1-113(2,3)78-44-48-101-94(62-78)98-65-84(119(19,20)21)64-97-91-38-31-39-103-107(91)121(126(101)111(97)98)108-93-55-74-41-40-73(51-77(74)52-76(93)43-46-104(108)124(103)88-58-80(115(7,8)9)56-81(59-88)116(10,11)12)71-34-30-37-87(53-71)123(86-35-26-25-27-36-86)90-68-96-100-67-85(120(22,23)24)66-99-95-63-79(114(4,5)6)45-49-102(95)127(112(99)100)122-109-92-54-72-33-29-28-32-70(72)50-75(92)42-47-105(109)125(106(69-90)110(96)122)89-60-82(117(13,14)15)57-83(61-89)118(16,17)18/h25-69H,1-24H3. The van der Waals surface area contributed by atoms with Crippen LogP contribution >= 0.6 is 0 Å². The highest BCUT2D eigenvalue weighted by atomic mass is 15.2. The van der Waals surface area contributed by atoms with E-state index in [0.29, 0.717) is 0 Å². The van der Waals surface area contributed by atoms with Gasteiger partial charge in [0.15, 0.2) is 0 Å². The van der Waals surface area contributed by atoms with Crippen LogP contribution in [0.4, 0.5) is 51.2 Å². The topological polar surface area (TPSA) is 19.6 Å². The van der Waals surface area contributed by atoms with Gasteiger partial charge in [-0.15, -0.1) is 0 Å². The van der Waals surface area contributed by atoms with E-state index in [0.717, 1.165) is 28.2 Å². The van der Waals surface area contributed by atoms with Crippen LogP contribution in [0, 0.1) is 0 Å². The summed E-state index contributed by atoms with van der Waals surface area (Å²) in [5, 5.41) is 15.2. The third-order valence-corrected chi connectivity index (χ3v) is 29.1. The third-order valence-electron chi connectivity index (χ3n) is 29.1. The fourth-order valence-electron chi connectivity index (χ4n) is 21.8.